The van der Waals surface area contributed by atoms with Gasteiger partial charge in [0.2, 0.25) is 0 Å². The molecule has 56 valence electrons. The molecule has 0 aromatic heterocycles. The van der Waals surface area contributed by atoms with Crippen molar-refractivity contribution in [1.82, 2.24) is 10.7 Å². The molecule has 0 spiro atoms. The Bertz CT molecular complexity index is 169. The van der Waals surface area contributed by atoms with E-state index in [0.717, 1.165) is 24.4 Å². The summed E-state index contributed by atoms with van der Waals surface area (Å²) >= 11 is 0. The number of fused-ring (bicyclic) bond motifs is 1. The Morgan fingerprint density at radius 3 is 3.30 bits per heavy atom. The normalized spacial score (nSPS) is 38.2. The summed E-state index contributed by atoms with van der Waals surface area (Å²) in [5, 5.41) is 17.6. The Kier molecular flexibility index (Phi) is 1.23. The summed E-state index contributed by atoms with van der Waals surface area (Å²) in [6.45, 7) is 1.78. The average molecular weight is 142 g/mol. The summed E-state index contributed by atoms with van der Waals surface area (Å²) < 4.78 is 0. The molecule has 2 aliphatic rings. The Morgan fingerprint density at radius 2 is 2.50 bits per heavy atom. The second kappa shape index (κ2) is 2.09. The minimum absolute atomic E-state index is 0.0706. The minimum atomic E-state index is 0.0706. The molecule has 0 aromatic rings. The highest BCUT2D eigenvalue weighted by atomic mass is 16.5. The number of hydrogen-bond acceptors (Lipinski definition) is 4. The first-order chi connectivity index (χ1) is 4.88. The van der Waals surface area contributed by atoms with Gasteiger partial charge in [-0.25, -0.2) is 0 Å². The van der Waals surface area contributed by atoms with E-state index >= 15 is 0 Å². The lowest BCUT2D eigenvalue weighted by atomic mass is 10.0. The summed E-state index contributed by atoms with van der Waals surface area (Å²) in [4.78, 5) is 0.783. The highest BCUT2D eigenvalue weighted by Gasteiger charge is 2.36. The second-order valence-corrected chi connectivity index (χ2v) is 2.70. The highest BCUT2D eigenvalue weighted by Crippen LogP contribution is 2.12. The van der Waals surface area contributed by atoms with Gasteiger partial charge < -0.3 is 10.5 Å². The lowest BCUT2D eigenvalue weighted by Gasteiger charge is -2.22. The van der Waals surface area contributed by atoms with Crippen LogP contribution >= 0.6 is 0 Å². The van der Waals surface area contributed by atoms with Gasteiger partial charge in [0.05, 0.1) is 5.22 Å². The smallest absolute Gasteiger partial charge is 0.169 e. The first-order valence-electron chi connectivity index (χ1n) is 3.51. The molecule has 0 radical (unpaired) electrons. The number of piperidine rings is 1. The molecule has 5 heteroatoms. The van der Waals surface area contributed by atoms with E-state index in [1.165, 1.54) is 0 Å². The predicted molar refractivity (Wildman–Crippen MR) is 34.3 cm³/mol. The van der Waals surface area contributed by atoms with Crippen LogP contribution in [0.3, 0.4) is 0 Å². The molecule has 0 bridgehead atoms. The number of rotatable bonds is 0. The van der Waals surface area contributed by atoms with Crippen LogP contribution in [0.25, 0.3) is 0 Å². The topological polar surface area (TPSA) is 62.5 Å². The third-order valence-electron chi connectivity index (χ3n) is 2.05. The van der Waals surface area contributed by atoms with Gasteiger partial charge in [-0.3, -0.25) is 0 Å². The van der Waals surface area contributed by atoms with Crippen molar-refractivity contribution in [1.29, 1.82) is 0 Å². The maximum absolute atomic E-state index is 10.9. The van der Waals surface area contributed by atoms with Crippen LogP contribution in [-0.4, -0.2) is 30.0 Å². The van der Waals surface area contributed by atoms with Crippen LogP contribution in [0.5, 0.6) is 0 Å². The van der Waals surface area contributed by atoms with Crippen LogP contribution in [-0.2, 0) is 0 Å². The summed E-state index contributed by atoms with van der Waals surface area (Å²) in [6, 6.07) is 0.299. The van der Waals surface area contributed by atoms with Crippen molar-refractivity contribution in [2.75, 3.05) is 13.1 Å². The SMILES string of the molecule is [O-][N+]1=NNC2CNCCC21. The molecule has 2 N–H and O–H groups in total. The molecule has 2 heterocycles. The Morgan fingerprint density at radius 1 is 1.60 bits per heavy atom. The van der Waals surface area contributed by atoms with Crippen LogP contribution in [0.4, 0.5) is 0 Å². The number of nitrogens with one attached hydrogen (secondary N) is 2. The molecule has 2 aliphatic heterocycles. The first kappa shape index (κ1) is 5.91. The van der Waals surface area contributed by atoms with Gasteiger partial charge in [0, 0.05) is 13.0 Å². The highest BCUT2D eigenvalue weighted by molar-refractivity contribution is 4.83. The molecule has 0 aromatic carbocycles. The Hall–Kier alpha value is -0.840. The molecule has 5 nitrogen and oxygen atoms in total. The fraction of sp³-hybridized carbons (Fsp3) is 1.00. The molecule has 0 saturated carbocycles. The van der Waals surface area contributed by atoms with Crippen LogP contribution in [0.2, 0.25) is 0 Å². The quantitative estimate of drug-likeness (QED) is 0.344. The number of hydroxylamine groups is 1. The summed E-state index contributed by atoms with van der Waals surface area (Å²) in [5.41, 5.74) is 2.78. The zero-order chi connectivity index (χ0) is 6.97. The van der Waals surface area contributed by atoms with Crippen LogP contribution < -0.4 is 10.7 Å². The molecule has 1 fully saturated rings. The first-order valence-corrected chi connectivity index (χ1v) is 3.51. The molecular formula is C5H10N4O. The fourth-order valence-electron chi connectivity index (χ4n) is 1.45. The van der Waals surface area contributed by atoms with Crippen molar-refractivity contribution < 1.29 is 4.86 Å². The van der Waals surface area contributed by atoms with Crippen molar-refractivity contribution >= 4 is 0 Å². The van der Waals surface area contributed by atoms with Gasteiger partial charge in [-0.05, 0) is 6.54 Å². The standard InChI is InChI=1S/C5H10N4O/c10-9-5-1-2-6-3-4(5)7-8-9/h4-7H,1-3H2. The van der Waals surface area contributed by atoms with E-state index in [1.54, 1.807) is 0 Å². The van der Waals surface area contributed by atoms with E-state index in [1.807, 2.05) is 0 Å². The lowest BCUT2D eigenvalue weighted by molar-refractivity contribution is -0.556. The largest absolute Gasteiger partial charge is 0.696 e. The van der Waals surface area contributed by atoms with Crippen LogP contribution in [0.1, 0.15) is 6.42 Å². The molecule has 2 rings (SSSR count). The summed E-state index contributed by atoms with van der Waals surface area (Å²) in [6.07, 6.45) is 0.894. The number of hydrogen-bond donors (Lipinski definition) is 2. The van der Waals surface area contributed by atoms with Gasteiger partial charge in [-0.15, -0.1) is 0 Å². The zero-order valence-corrected chi connectivity index (χ0v) is 5.58. The van der Waals surface area contributed by atoms with E-state index < -0.39 is 0 Å². The monoisotopic (exact) mass is 142 g/mol. The Labute approximate surface area is 58.7 Å². The fourth-order valence-corrected chi connectivity index (χ4v) is 1.45. The molecule has 10 heavy (non-hydrogen) atoms. The predicted octanol–water partition coefficient (Wildman–Crippen LogP) is -0.802. The van der Waals surface area contributed by atoms with Gasteiger partial charge >= 0.3 is 0 Å². The Balaban J connectivity index is 2.08. The second-order valence-electron chi connectivity index (χ2n) is 2.70. The van der Waals surface area contributed by atoms with Crippen LogP contribution in [0, 0.1) is 5.21 Å². The molecular weight excluding hydrogens is 132 g/mol. The van der Waals surface area contributed by atoms with Crippen molar-refractivity contribution in [3.8, 4) is 0 Å². The summed E-state index contributed by atoms with van der Waals surface area (Å²) in [5.74, 6) is 0. The lowest BCUT2D eigenvalue weighted by Crippen LogP contribution is -2.48. The van der Waals surface area contributed by atoms with Crippen molar-refractivity contribution in [3.05, 3.63) is 5.21 Å². The van der Waals surface area contributed by atoms with E-state index in [-0.39, 0.29) is 12.1 Å². The van der Waals surface area contributed by atoms with E-state index in [9.17, 15) is 5.21 Å². The van der Waals surface area contributed by atoms with Gasteiger partial charge in [0.25, 0.3) is 0 Å². The van der Waals surface area contributed by atoms with Gasteiger partial charge in [-0.2, -0.15) is 10.3 Å². The van der Waals surface area contributed by atoms with Gasteiger partial charge in [0.15, 0.2) is 12.1 Å². The third kappa shape index (κ3) is 0.740. The molecule has 0 amide bonds. The zero-order valence-electron chi connectivity index (χ0n) is 5.58. The third-order valence-corrected chi connectivity index (χ3v) is 2.05. The van der Waals surface area contributed by atoms with Gasteiger partial charge in [0.1, 0.15) is 0 Å². The maximum Gasteiger partial charge on any atom is 0.169 e. The number of nitrogens with zero attached hydrogens (tertiary/aromatic N) is 2. The van der Waals surface area contributed by atoms with E-state index in [0.29, 0.717) is 0 Å². The van der Waals surface area contributed by atoms with E-state index in [2.05, 4.69) is 16.0 Å². The van der Waals surface area contributed by atoms with Crippen molar-refractivity contribution in [2.45, 2.75) is 18.5 Å². The molecule has 1 saturated heterocycles. The van der Waals surface area contributed by atoms with Crippen molar-refractivity contribution in [3.63, 3.8) is 0 Å². The minimum Gasteiger partial charge on any atom is -0.696 e. The van der Waals surface area contributed by atoms with Crippen LogP contribution in [0.15, 0.2) is 5.22 Å². The summed E-state index contributed by atoms with van der Waals surface area (Å²) in [7, 11) is 0. The van der Waals surface area contributed by atoms with Crippen molar-refractivity contribution in [2.24, 2.45) is 5.22 Å². The van der Waals surface area contributed by atoms with Gasteiger partial charge in [-0.1, -0.05) is 0 Å². The average Bonchev–Trinajstić information content (AvgIpc) is 2.34. The molecule has 2 unspecified atom stereocenters. The molecule has 2 atom stereocenters. The maximum atomic E-state index is 10.9. The molecule has 0 aliphatic carbocycles. The van der Waals surface area contributed by atoms with E-state index in [4.69, 9.17) is 0 Å².